The standard InChI is InChI=1S/C14H27N3O/c1-12(16-10-14(3,4)11-18-5)6-8-17-9-7-15-13(17)2/h7,9,12,16H,6,8,10-11H2,1-5H3. The van der Waals surface area contributed by atoms with E-state index in [4.69, 9.17) is 4.74 Å². The van der Waals surface area contributed by atoms with Crippen LogP contribution < -0.4 is 5.32 Å². The van der Waals surface area contributed by atoms with Crippen LogP contribution in [0.5, 0.6) is 0 Å². The second kappa shape index (κ2) is 6.90. The molecule has 1 unspecified atom stereocenters. The van der Waals surface area contributed by atoms with Crippen LogP contribution in [-0.2, 0) is 11.3 Å². The van der Waals surface area contributed by atoms with Crippen LogP contribution in [0.4, 0.5) is 0 Å². The number of hydrogen-bond donors (Lipinski definition) is 1. The predicted octanol–water partition coefficient (Wildman–Crippen LogP) is 2.23. The van der Waals surface area contributed by atoms with E-state index in [-0.39, 0.29) is 5.41 Å². The van der Waals surface area contributed by atoms with Crippen molar-refractivity contribution in [3.8, 4) is 0 Å². The molecule has 4 nitrogen and oxygen atoms in total. The van der Waals surface area contributed by atoms with E-state index < -0.39 is 0 Å². The van der Waals surface area contributed by atoms with Gasteiger partial charge in [-0.15, -0.1) is 0 Å². The summed E-state index contributed by atoms with van der Waals surface area (Å²) in [5, 5.41) is 3.58. The quantitative estimate of drug-likeness (QED) is 0.772. The topological polar surface area (TPSA) is 39.1 Å². The molecule has 0 aliphatic carbocycles. The molecule has 0 aliphatic rings. The number of nitrogens with zero attached hydrogens (tertiary/aromatic N) is 2. The highest BCUT2D eigenvalue weighted by Crippen LogP contribution is 2.14. The summed E-state index contributed by atoms with van der Waals surface area (Å²) in [5.74, 6) is 1.09. The maximum absolute atomic E-state index is 5.22. The van der Waals surface area contributed by atoms with Gasteiger partial charge in [0.05, 0.1) is 6.61 Å². The minimum atomic E-state index is 0.188. The Bertz CT molecular complexity index is 347. The molecule has 18 heavy (non-hydrogen) atoms. The molecule has 1 rings (SSSR count). The molecular weight excluding hydrogens is 226 g/mol. The van der Waals surface area contributed by atoms with Crippen LogP contribution in [-0.4, -0.2) is 35.9 Å². The largest absolute Gasteiger partial charge is 0.384 e. The summed E-state index contributed by atoms with van der Waals surface area (Å²) in [6.45, 7) is 11.5. The molecular formula is C14H27N3O. The van der Waals surface area contributed by atoms with Crippen LogP contribution in [0, 0.1) is 12.3 Å². The number of imidazole rings is 1. The molecule has 0 fully saturated rings. The molecule has 1 atom stereocenters. The molecule has 1 aromatic rings. The van der Waals surface area contributed by atoms with E-state index in [9.17, 15) is 0 Å². The maximum atomic E-state index is 5.22. The average Bonchev–Trinajstić information content (AvgIpc) is 2.70. The van der Waals surface area contributed by atoms with Crippen molar-refractivity contribution < 1.29 is 4.74 Å². The minimum absolute atomic E-state index is 0.188. The van der Waals surface area contributed by atoms with E-state index in [2.05, 4.69) is 35.6 Å². The zero-order chi connectivity index (χ0) is 13.6. The fourth-order valence-corrected chi connectivity index (χ4v) is 1.97. The zero-order valence-electron chi connectivity index (χ0n) is 12.4. The lowest BCUT2D eigenvalue weighted by Gasteiger charge is -2.26. The van der Waals surface area contributed by atoms with Crippen LogP contribution in [0.2, 0.25) is 0 Å². The van der Waals surface area contributed by atoms with Gasteiger partial charge in [0.2, 0.25) is 0 Å². The van der Waals surface area contributed by atoms with E-state index in [1.165, 1.54) is 0 Å². The number of methoxy groups -OCH3 is 1. The number of aryl methyl sites for hydroxylation is 2. The Morgan fingerprint density at radius 2 is 2.22 bits per heavy atom. The molecule has 0 saturated carbocycles. The summed E-state index contributed by atoms with van der Waals surface area (Å²) in [5.41, 5.74) is 0.188. The molecule has 1 heterocycles. The number of hydrogen-bond acceptors (Lipinski definition) is 3. The van der Waals surface area contributed by atoms with Gasteiger partial charge in [0, 0.05) is 44.0 Å². The summed E-state index contributed by atoms with van der Waals surface area (Å²) in [7, 11) is 1.76. The Balaban J connectivity index is 2.26. The van der Waals surface area contributed by atoms with Crippen molar-refractivity contribution in [2.24, 2.45) is 5.41 Å². The van der Waals surface area contributed by atoms with Crippen molar-refractivity contribution in [3.05, 3.63) is 18.2 Å². The third-order valence-corrected chi connectivity index (χ3v) is 3.19. The lowest BCUT2D eigenvalue weighted by atomic mass is 9.94. The van der Waals surface area contributed by atoms with Gasteiger partial charge >= 0.3 is 0 Å². The van der Waals surface area contributed by atoms with Gasteiger partial charge in [-0.2, -0.15) is 0 Å². The monoisotopic (exact) mass is 253 g/mol. The molecule has 1 aromatic heterocycles. The van der Waals surface area contributed by atoms with Crippen LogP contribution in [0.15, 0.2) is 12.4 Å². The molecule has 0 aliphatic heterocycles. The Morgan fingerprint density at radius 1 is 1.50 bits per heavy atom. The molecule has 0 bridgehead atoms. The van der Waals surface area contributed by atoms with Crippen molar-refractivity contribution in [3.63, 3.8) is 0 Å². The van der Waals surface area contributed by atoms with Crippen molar-refractivity contribution in [1.82, 2.24) is 14.9 Å². The number of nitrogens with one attached hydrogen (secondary N) is 1. The highest BCUT2D eigenvalue weighted by atomic mass is 16.5. The third-order valence-electron chi connectivity index (χ3n) is 3.19. The molecule has 0 radical (unpaired) electrons. The minimum Gasteiger partial charge on any atom is -0.384 e. The maximum Gasteiger partial charge on any atom is 0.105 e. The van der Waals surface area contributed by atoms with Gasteiger partial charge in [-0.3, -0.25) is 0 Å². The first kappa shape index (κ1) is 15.2. The van der Waals surface area contributed by atoms with Gasteiger partial charge < -0.3 is 14.6 Å². The first-order valence-corrected chi connectivity index (χ1v) is 6.65. The lowest BCUT2D eigenvalue weighted by molar-refractivity contribution is 0.101. The average molecular weight is 253 g/mol. The van der Waals surface area contributed by atoms with Crippen LogP contribution in [0.3, 0.4) is 0 Å². The van der Waals surface area contributed by atoms with E-state index >= 15 is 0 Å². The smallest absolute Gasteiger partial charge is 0.105 e. The van der Waals surface area contributed by atoms with Crippen LogP contribution in [0.1, 0.15) is 33.0 Å². The Kier molecular flexibility index (Phi) is 5.82. The second-order valence-electron chi connectivity index (χ2n) is 5.84. The zero-order valence-corrected chi connectivity index (χ0v) is 12.4. The van der Waals surface area contributed by atoms with Gasteiger partial charge in [-0.05, 0) is 20.3 Å². The highest BCUT2D eigenvalue weighted by Gasteiger charge is 2.18. The Morgan fingerprint density at radius 3 is 2.78 bits per heavy atom. The van der Waals surface area contributed by atoms with Crippen molar-refractivity contribution in [2.45, 2.75) is 46.7 Å². The summed E-state index contributed by atoms with van der Waals surface area (Å²) in [6.07, 6.45) is 5.01. The number of aromatic nitrogens is 2. The van der Waals surface area contributed by atoms with Gasteiger partial charge in [0.1, 0.15) is 5.82 Å². The summed E-state index contributed by atoms with van der Waals surface area (Å²) < 4.78 is 7.41. The second-order valence-corrected chi connectivity index (χ2v) is 5.84. The van der Waals surface area contributed by atoms with Crippen molar-refractivity contribution in [1.29, 1.82) is 0 Å². The van der Waals surface area contributed by atoms with Crippen LogP contribution in [0.25, 0.3) is 0 Å². The first-order chi connectivity index (χ1) is 8.44. The van der Waals surface area contributed by atoms with Gasteiger partial charge in [-0.1, -0.05) is 13.8 Å². The molecule has 104 valence electrons. The van der Waals surface area contributed by atoms with Gasteiger partial charge in [0.15, 0.2) is 0 Å². The Hall–Kier alpha value is -0.870. The predicted molar refractivity (Wildman–Crippen MR) is 74.7 cm³/mol. The molecule has 1 N–H and O–H groups in total. The van der Waals surface area contributed by atoms with E-state index in [1.807, 2.05) is 19.3 Å². The van der Waals surface area contributed by atoms with E-state index in [0.29, 0.717) is 6.04 Å². The molecule has 0 saturated heterocycles. The van der Waals surface area contributed by atoms with Gasteiger partial charge in [0.25, 0.3) is 0 Å². The van der Waals surface area contributed by atoms with E-state index in [0.717, 1.165) is 31.9 Å². The Labute approximate surface area is 111 Å². The third kappa shape index (κ3) is 5.19. The molecule has 0 amide bonds. The SMILES string of the molecule is COCC(C)(C)CNC(C)CCn1ccnc1C. The van der Waals surface area contributed by atoms with Crippen LogP contribution >= 0.6 is 0 Å². The lowest BCUT2D eigenvalue weighted by Crippen LogP contribution is -2.38. The fraction of sp³-hybridized carbons (Fsp3) is 0.786. The van der Waals surface area contributed by atoms with Gasteiger partial charge in [-0.25, -0.2) is 4.98 Å². The summed E-state index contributed by atoms with van der Waals surface area (Å²) in [6, 6.07) is 0.503. The molecule has 4 heteroatoms. The summed E-state index contributed by atoms with van der Waals surface area (Å²) in [4.78, 5) is 4.23. The normalized spacial score (nSPS) is 13.8. The first-order valence-electron chi connectivity index (χ1n) is 6.65. The number of ether oxygens (including phenoxy) is 1. The van der Waals surface area contributed by atoms with Crippen molar-refractivity contribution >= 4 is 0 Å². The number of rotatable bonds is 8. The van der Waals surface area contributed by atoms with Crippen molar-refractivity contribution in [2.75, 3.05) is 20.3 Å². The molecule has 0 spiro atoms. The highest BCUT2D eigenvalue weighted by molar-refractivity contribution is 4.88. The molecule has 0 aromatic carbocycles. The fourth-order valence-electron chi connectivity index (χ4n) is 1.97. The summed E-state index contributed by atoms with van der Waals surface area (Å²) >= 11 is 0. The van der Waals surface area contributed by atoms with E-state index in [1.54, 1.807) is 7.11 Å².